The summed E-state index contributed by atoms with van der Waals surface area (Å²) in [6.45, 7) is -0.215. The van der Waals surface area contributed by atoms with Crippen LogP contribution in [0.3, 0.4) is 0 Å². The van der Waals surface area contributed by atoms with Gasteiger partial charge in [-0.15, -0.1) is 0 Å². The Morgan fingerprint density at radius 3 is 2.48 bits per heavy atom. The molecule has 2 aromatic rings. The van der Waals surface area contributed by atoms with Crippen molar-refractivity contribution >= 4 is 33.2 Å². The van der Waals surface area contributed by atoms with Crippen molar-refractivity contribution in [1.82, 2.24) is 0 Å². The van der Waals surface area contributed by atoms with E-state index in [0.29, 0.717) is 15.1 Å². The van der Waals surface area contributed by atoms with Gasteiger partial charge in [0.15, 0.2) is 0 Å². The van der Waals surface area contributed by atoms with Gasteiger partial charge in [-0.1, -0.05) is 29.8 Å². The molecule has 0 bridgehead atoms. The molecule has 2 aromatic carbocycles. The lowest BCUT2D eigenvalue weighted by Crippen LogP contribution is -2.15. The van der Waals surface area contributed by atoms with Gasteiger partial charge >= 0.3 is 0 Å². The molecule has 0 fully saturated rings. The Labute approximate surface area is 134 Å². The van der Waals surface area contributed by atoms with Crippen LogP contribution in [0, 0.1) is 0 Å². The smallest absolute Gasteiger partial charge is 0.263 e. The van der Waals surface area contributed by atoms with Crippen LogP contribution in [0.5, 0.6) is 0 Å². The molecule has 0 saturated heterocycles. The first-order valence-electron chi connectivity index (χ1n) is 6.21. The SMILES string of the molecule is OCC(Nc1ccc(Cl)c(Br)c1)c1cccc(C(F)F)c1. The highest BCUT2D eigenvalue weighted by atomic mass is 79.9. The standard InChI is InChI=1S/C15H13BrClF2NO/c16-12-7-11(4-5-13(12)17)20-14(8-21)9-2-1-3-10(6-9)15(18)19/h1-7,14-15,20-21H,8H2. The molecule has 0 aliphatic heterocycles. The molecule has 0 heterocycles. The van der Waals surface area contributed by atoms with Gasteiger partial charge in [0.05, 0.1) is 17.7 Å². The Balaban J connectivity index is 2.23. The molecular weight excluding hydrogens is 364 g/mol. The van der Waals surface area contributed by atoms with E-state index in [1.165, 1.54) is 12.1 Å². The molecule has 21 heavy (non-hydrogen) atoms. The molecule has 0 radical (unpaired) electrons. The molecule has 6 heteroatoms. The maximum atomic E-state index is 12.7. The van der Waals surface area contributed by atoms with Crippen LogP contribution in [0.4, 0.5) is 14.5 Å². The van der Waals surface area contributed by atoms with Crippen LogP contribution in [0.15, 0.2) is 46.9 Å². The normalized spacial score (nSPS) is 12.5. The van der Waals surface area contributed by atoms with Gasteiger partial charge in [-0.2, -0.15) is 0 Å². The summed E-state index contributed by atoms with van der Waals surface area (Å²) in [6.07, 6.45) is -2.53. The lowest BCUT2D eigenvalue weighted by atomic mass is 10.0. The van der Waals surface area contributed by atoms with Gasteiger partial charge in [-0.25, -0.2) is 8.78 Å². The van der Waals surface area contributed by atoms with Crippen LogP contribution >= 0.6 is 27.5 Å². The maximum absolute atomic E-state index is 12.7. The van der Waals surface area contributed by atoms with Crippen molar-refractivity contribution in [3.8, 4) is 0 Å². The summed E-state index contributed by atoms with van der Waals surface area (Å²) in [7, 11) is 0. The minimum absolute atomic E-state index is 0.0648. The second-order valence-corrected chi connectivity index (χ2v) is 5.74. The molecule has 2 N–H and O–H groups in total. The molecule has 0 aliphatic carbocycles. The molecule has 1 atom stereocenters. The summed E-state index contributed by atoms with van der Waals surface area (Å²) < 4.78 is 26.2. The first-order valence-corrected chi connectivity index (χ1v) is 7.39. The van der Waals surface area contributed by atoms with Gasteiger partial charge in [0.2, 0.25) is 0 Å². The monoisotopic (exact) mass is 375 g/mol. The predicted octanol–water partition coefficient (Wildman–Crippen LogP) is 5.19. The van der Waals surface area contributed by atoms with Crippen molar-refractivity contribution in [2.45, 2.75) is 12.5 Å². The third-order valence-electron chi connectivity index (χ3n) is 3.01. The molecule has 2 rings (SSSR count). The summed E-state index contributed by atoms with van der Waals surface area (Å²) in [5.74, 6) is 0. The summed E-state index contributed by atoms with van der Waals surface area (Å²) in [6, 6.07) is 10.8. The van der Waals surface area contributed by atoms with Crippen molar-refractivity contribution < 1.29 is 13.9 Å². The molecule has 1 unspecified atom stereocenters. The maximum Gasteiger partial charge on any atom is 0.263 e. The van der Waals surface area contributed by atoms with Crippen LogP contribution in [-0.4, -0.2) is 11.7 Å². The Hall–Kier alpha value is -1.17. The molecular formula is C15H13BrClF2NO. The first-order chi connectivity index (χ1) is 10.0. The molecule has 0 aromatic heterocycles. The van der Waals surface area contributed by atoms with Crippen LogP contribution < -0.4 is 5.32 Å². The number of halogens is 4. The van der Waals surface area contributed by atoms with Gasteiger partial charge in [0.1, 0.15) is 0 Å². The lowest BCUT2D eigenvalue weighted by molar-refractivity contribution is 0.151. The molecule has 0 aliphatic rings. The number of hydrogen-bond acceptors (Lipinski definition) is 2. The van der Waals surface area contributed by atoms with Crippen LogP contribution in [-0.2, 0) is 0 Å². The summed E-state index contributed by atoms with van der Waals surface area (Å²) in [4.78, 5) is 0. The molecule has 0 saturated carbocycles. The van der Waals surface area contributed by atoms with Crippen LogP contribution in [0.25, 0.3) is 0 Å². The van der Waals surface area contributed by atoms with E-state index in [-0.39, 0.29) is 12.2 Å². The van der Waals surface area contributed by atoms with Crippen molar-refractivity contribution in [3.05, 3.63) is 63.1 Å². The predicted molar refractivity (Wildman–Crippen MR) is 84.0 cm³/mol. The molecule has 0 amide bonds. The second-order valence-electron chi connectivity index (χ2n) is 4.48. The van der Waals surface area contributed by atoms with E-state index in [1.807, 2.05) is 0 Å². The van der Waals surface area contributed by atoms with Gasteiger partial charge in [0, 0.05) is 15.7 Å². The van der Waals surface area contributed by atoms with Crippen molar-refractivity contribution in [2.75, 3.05) is 11.9 Å². The Kier molecular flexibility index (Phi) is 5.56. The zero-order valence-corrected chi connectivity index (χ0v) is 13.2. The van der Waals surface area contributed by atoms with E-state index in [0.717, 1.165) is 5.69 Å². The zero-order valence-electron chi connectivity index (χ0n) is 10.9. The minimum atomic E-state index is -2.53. The third-order valence-corrected chi connectivity index (χ3v) is 4.22. The van der Waals surface area contributed by atoms with E-state index in [1.54, 1.807) is 30.3 Å². The van der Waals surface area contributed by atoms with E-state index < -0.39 is 12.5 Å². The fourth-order valence-electron chi connectivity index (χ4n) is 1.93. The van der Waals surface area contributed by atoms with Gasteiger partial charge in [0.25, 0.3) is 6.43 Å². The first kappa shape index (κ1) is 16.2. The largest absolute Gasteiger partial charge is 0.394 e. The van der Waals surface area contributed by atoms with Gasteiger partial charge in [-0.05, 0) is 45.8 Å². The number of hydrogen-bond donors (Lipinski definition) is 2. The van der Waals surface area contributed by atoms with Gasteiger partial charge < -0.3 is 10.4 Å². The topological polar surface area (TPSA) is 32.3 Å². The van der Waals surface area contributed by atoms with Crippen molar-refractivity contribution in [2.24, 2.45) is 0 Å². The average Bonchev–Trinajstić information content (AvgIpc) is 2.48. The van der Waals surface area contributed by atoms with E-state index in [9.17, 15) is 13.9 Å². The highest BCUT2D eigenvalue weighted by Gasteiger charge is 2.14. The number of nitrogens with one attached hydrogen (secondary N) is 1. The van der Waals surface area contributed by atoms with Crippen LogP contribution in [0.2, 0.25) is 5.02 Å². The minimum Gasteiger partial charge on any atom is -0.394 e. The van der Waals surface area contributed by atoms with Gasteiger partial charge in [-0.3, -0.25) is 0 Å². The number of rotatable bonds is 5. The third kappa shape index (κ3) is 4.15. The fourth-order valence-corrected chi connectivity index (χ4v) is 2.43. The van der Waals surface area contributed by atoms with E-state index in [4.69, 9.17) is 11.6 Å². The fraction of sp³-hybridized carbons (Fsp3) is 0.200. The summed E-state index contributed by atoms with van der Waals surface area (Å²) >= 11 is 9.23. The zero-order chi connectivity index (χ0) is 15.4. The quantitative estimate of drug-likeness (QED) is 0.753. The highest BCUT2D eigenvalue weighted by Crippen LogP contribution is 2.29. The van der Waals surface area contributed by atoms with Crippen LogP contribution in [0.1, 0.15) is 23.6 Å². The Bertz CT molecular complexity index is 624. The lowest BCUT2D eigenvalue weighted by Gasteiger charge is -2.19. The van der Waals surface area contributed by atoms with Crippen molar-refractivity contribution in [1.29, 1.82) is 0 Å². The van der Waals surface area contributed by atoms with E-state index in [2.05, 4.69) is 21.2 Å². The summed E-state index contributed by atoms with van der Waals surface area (Å²) in [5, 5.41) is 13.2. The Morgan fingerprint density at radius 2 is 1.86 bits per heavy atom. The number of aliphatic hydroxyl groups excluding tert-OH is 1. The number of aliphatic hydroxyl groups is 1. The molecule has 2 nitrogen and oxygen atoms in total. The van der Waals surface area contributed by atoms with Crippen molar-refractivity contribution in [3.63, 3.8) is 0 Å². The summed E-state index contributed by atoms with van der Waals surface area (Å²) in [5.41, 5.74) is 1.26. The number of alkyl halides is 2. The Morgan fingerprint density at radius 1 is 1.14 bits per heavy atom. The van der Waals surface area contributed by atoms with E-state index >= 15 is 0 Å². The number of anilines is 1. The second kappa shape index (κ2) is 7.20. The average molecular weight is 377 g/mol. The number of benzene rings is 2. The highest BCUT2D eigenvalue weighted by molar-refractivity contribution is 9.10. The molecule has 112 valence electrons. The molecule has 0 spiro atoms.